The van der Waals surface area contributed by atoms with Gasteiger partial charge in [-0.3, -0.25) is 4.79 Å². The maximum atomic E-state index is 12.6. The SMILES string of the molecule is COc1cc(OC)c(OC)cc1CNC(=O)CN(c1ccccc1C)C(C)C. The van der Waals surface area contributed by atoms with Gasteiger partial charge in [0.1, 0.15) is 5.75 Å². The van der Waals surface area contributed by atoms with Crippen LogP contribution in [0, 0.1) is 6.92 Å². The Hall–Kier alpha value is -2.89. The van der Waals surface area contributed by atoms with Gasteiger partial charge in [-0.2, -0.15) is 0 Å². The van der Waals surface area contributed by atoms with E-state index in [4.69, 9.17) is 14.2 Å². The normalized spacial score (nSPS) is 10.5. The Kier molecular flexibility index (Phi) is 7.55. The second kappa shape index (κ2) is 9.88. The number of nitrogens with zero attached hydrogens (tertiary/aromatic N) is 1. The number of nitrogens with one attached hydrogen (secondary N) is 1. The Morgan fingerprint density at radius 1 is 1.00 bits per heavy atom. The lowest BCUT2D eigenvalue weighted by molar-refractivity contribution is -0.120. The van der Waals surface area contributed by atoms with Gasteiger partial charge in [0.05, 0.1) is 27.9 Å². The van der Waals surface area contributed by atoms with Gasteiger partial charge in [0, 0.05) is 29.9 Å². The average Bonchev–Trinajstić information content (AvgIpc) is 2.70. The third-order valence-electron chi connectivity index (χ3n) is 4.62. The minimum atomic E-state index is -0.0613. The van der Waals surface area contributed by atoms with Crippen LogP contribution in [0.15, 0.2) is 36.4 Å². The van der Waals surface area contributed by atoms with Crippen LogP contribution in [0.5, 0.6) is 17.2 Å². The maximum absolute atomic E-state index is 12.6. The summed E-state index contributed by atoms with van der Waals surface area (Å²) in [7, 11) is 4.74. The number of carbonyl (C=O) groups excluding carboxylic acids is 1. The zero-order valence-corrected chi connectivity index (χ0v) is 17.5. The molecule has 1 amide bonds. The first-order valence-corrected chi connectivity index (χ1v) is 9.29. The summed E-state index contributed by atoms with van der Waals surface area (Å²) in [5.74, 6) is 1.75. The number of methoxy groups -OCH3 is 3. The fourth-order valence-corrected chi connectivity index (χ4v) is 3.07. The number of anilines is 1. The molecule has 0 radical (unpaired) electrons. The van der Waals surface area contributed by atoms with E-state index in [1.54, 1.807) is 27.4 Å². The molecule has 0 fully saturated rings. The topological polar surface area (TPSA) is 60.0 Å². The summed E-state index contributed by atoms with van der Waals surface area (Å²) >= 11 is 0. The summed E-state index contributed by atoms with van der Waals surface area (Å²) in [5.41, 5.74) is 3.03. The molecule has 28 heavy (non-hydrogen) atoms. The zero-order chi connectivity index (χ0) is 20.7. The second-order valence-electron chi connectivity index (χ2n) is 6.80. The third-order valence-corrected chi connectivity index (χ3v) is 4.62. The van der Waals surface area contributed by atoms with Gasteiger partial charge in [0.25, 0.3) is 0 Å². The van der Waals surface area contributed by atoms with Gasteiger partial charge in [0.2, 0.25) is 5.91 Å². The number of amides is 1. The molecular weight excluding hydrogens is 356 g/mol. The lowest BCUT2D eigenvalue weighted by Crippen LogP contribution is -2.41. The molecule has 0 saturated carbocycles. The fraction of sp³-hybridized carbons (Fsp3) is 0.409. The van der Waals surface area contributed by atoms with Crippen molar-refractivity contribution in [1.82, 2.24) is 5.32 Å². The summed E-state index contributed by atoms with van der Waals surface area (Å²) < 4.78 is 16.1. The van der Waals surface area contributed by atoms with Crippen molar-refractivity contribution in [3.8, 4) is 17.2 Å². The van der Waals surface area contributed by atoms with Crippen molar-refractivity contribution in [2.45, 2.75) is 33.4 Å². The molecule has 0 aliphatic rings. The maximum Gasteiger partial charge on any atom is 0.239 e. The molecule has 6 heteroatoms. The molecule has 152 valence electrons. The van der Waals surface area contributed by atoms with E-state index in [-0.39, 0.29) is 18.5 Å². The molecule has 0 heterocycles. The van der Waals surface area contributed by atoms with Crippen LogP contribution in [0.1, 0.15) is 25.0 Å². The number of hydrogen-bond acceptors (Lipinski definition) is 5. The van der Waals surface area contributed by atoms with Crippen molar-refractivity contribution in [3.63, 3.8) is 0 Å². The van der Waals surface area contributed by atoms with E-state index in [2.05, 4.69) is 37.1 Å². The van der Waals surface area contributed by atoms with Gasteiger partial charge in [-0.1, -0.05) is 18.2 Å². The molecule has 0 aliphatic carbocycles. The van der Waals surface area contributed by atoms with Crippen LogP contribution < -0.4 is 24.4 Å². The van der Waals surface area contributed by atoms with Gasteiger partial charge < -0.3 is 24.4 Å². The molecule has 0 aliphatic heterocycles. The lowest BCUT2D eigenvalue weighted by Gasteiger charge is -2.29. The smallest absolute Gasteiger partial charge is 0.239 e. The van der Waals surface area contributed by atoms with Crippen LogP contribution in [-0.4, -0.2) is 39.8 Å². The minimum Gasteiger partial charge on any atom is -0.496 e. The molecular formula is C22H30N2O4. The monoisotopic (exact) mass is 386 g/mol. The Labute approximate surface area is 167 Å². The molecule has 1 N–H and O–H groups in total. The predicted octanol–water partition coefficient (Wildman–Crippen LogP) is 3.55. The Morgan fingerprint density at radius 2 is 1.61 bits per heavy atom. The highest BCUT2D eigenvalue weighted by molar-refractivity contribution is 5.82. The number of benzene rings is 2. The van der Waals surface area contributed by atoms with E-state index in [0.29, 0.717) is 23.8 Å². The van der Waals surface area contributed by atoms with Crippen molar-refractivity contribution in [1.29, 1.82) is 0 Å². The zero-order valence-electron chi connectivity index (χ0n) is 17.5. The first-order chi connectivity index (χ1) is 13.4. The van der Waals surface area contributed by atoms with Gasteiger partial charge in [-0.25, -0.2) is 0 Å². The molecule has 0 spiro atoms. The number of rotatable bonds is 9. The molecule has 2 rings (SSSR count). The van der Waals surface area contributed by atoms with E-state index in [1.807, 2.05) is 24.3 Å². The van der Waals surface area contributed by atoms with Crippen molar-refractivity contribution < 1.29 is 19.0 Å². The third kappa shape index (κ3) is 5.09. The van der Waals surface area contributed by atoms with Gasteiger partial charge >= 0.3 is 0 Å². The van der Waals surface area contributed by atoms with Crippen molar-refractivity contribution in [2.75, 3.05) is 32.8 Å². The summed E-state index contributed by atoms with van der Waals surface area (Å²) in [6.45, 7) is 6.82. The van der Waals surface area contributed by atoms with Crippen molar-refractivity contribution >= 4 is 11.6 Å². The Bertz CT molecular complexity index is 805. The van der Waals surface area contributed by atoms with Crippen molar-refractivity contribution in [3.05, 3.63) is 47.5 Å². The van der Waals surface area contributed by atoms with Crippen molar-refractivity contribution in [2.24, 2.45) is 0 Å². The summed E-state index contributed by atoms with van der Waals surface area (Å²) in [6.07, 6.45) is 0. The highest BCUT2D eigenvalue weighted by Crippen LogP contribution is 2.34. The summed E-state index contributed by atoms with van der Waals surface area (Å²) in [6, 6.07) is 11.9. The molecule has 0 unspecified atom stereocenters. The molecule has 0 saturated heterocycles. The molecule has 0 bridgehead atoms. The molecule has 2 aromatic rings. The number of carbonyl (C=O) groups is 1. The quantitative estimate of drug-likeness (QED) is 0.714. The van der Waals surface area contributed by atoms with Crippen LogP contribution >= 0.6 is 0 Å². The number of para-hydroxylation sites is 1. The second-order valence-corrected chi connectivity index (χ2v) is 6.80. The first kappa shape index (κ1) is 21.4. The molecule has 2 aromatic carbocycles. The summed E-state index contributed by atoms with van der Waals surface area (Å²) in [4.78, 5) is 14.7. The van der Waals surface area contributed by atoms with Crippen LogP contribution in [0.25, 0.3) is 0 Å². The van der Waals surface area contributed by atoms with Gasteiger partial charge in [0.15, 0.2) is 11.5 Å². The van der Waals surface area contributed by atoms with Crippen LogP contribution in [0.4, 0.5) is 5.69 Å². The van der Waals surface area contributed by atoms with E-state index in [1.165, 1.54) is 0 Å². The fourth-order valence-electron chi connectivity index (χ4n) is 3.07. The average molecular weight is 386 g/mol. The highest BCUT2D eigenvalue weighted by atomic mass is 16.5. The van der Waals surface area contributed by atoms with Gasteiger partial charge in [-0.05, 0) is 38.5 Å². The molecule has 0 atom stereocenters. The van der Waals surface area contributed by atoms with E-state index in [9.17, 15) is 4.79 Å². The Balaban J connectivity index is 2.12. The minimum absolute atomic E-state index is 0.0613. The Morgan fingerprint density at radius 3 is 2.18 bits per heavy atom. The van der Waals surface area contributed by atoms with Crippen LogP contribution in [0.3, 0.4) is 0 Å². The number of ether oxygens (including phenoxy) is 3. The predicted molar refractivity (Wildman–Crippen MR) is 112 cm³/mol. The first-order valence-electron chi connectivity index (χ1n) is 9.29. The van der Waals surface area contributed by atoms with Crippen LogP contribution in [0.2, 0.25) is 0 Å². The van der Waals surface area contributed by atoms with E-state index >= 15 is 0 Å². The molecule has 0 aromatic heterocycles. The largest absolute Gasteiger partial charge is 0.496 e. The lowest BCUT2D eigenvalue weighted by atomic mass is 10.1. The number of hydrogen-bond donors (Lipinski definition) is 1. The standard InChI is InChI=1S/C22H30N2O4/c1-15(2)24(18-10-8-7-9-16(18)3)14-22(25)23-13-17-11-20(27-5)21(28-6)12-19(17)26-4/h7-12,15H,13-14H2,1-6H3,(H,23,25). The van der Waals surface area contributed by atoms with Gasteiger partial charge in [-0.15, -0.1) is 0 Å². The van der Waals surface area contributed by atoms with E-state index < -0.39 is 0 Å². The summed E-state index contributed by atoms with van der Waals surface area (Å²) in [5, 5.41) is 2.98. The highest BCUT2D eigenvalue weighted by Gasteiger charge is 2.17. The van der Waals surface area contributed by atoms with E-state index in [0.717, 1.165) is 16.8 Å². The van der Waals surface area contributed by atoms with Crippen LogP contribution in [-0.2, 0) is 11.3 Å². The molecule has 6 nitrogen and oxygen atoms in total. The number of aryl methyl sites for hydroxylation is 1.